The number of nitrogens with zero attached hydrogens (tertiary/aromatic N) is 2. The van der Waals surface area contributed by atoms with Gasteiger partial charge < -0.3 is 11.1 Å². The van der Waals surface area contributed by atoms with Crippen LogP contribution in [0.1, 0.15) is 31.4 Å². The van der Waals surface area contributed by atoms with Gasteiger partial charge >= 0.3 is 0 Å². The lowest BCUT2D eigenvalue weighted by molar-refractivity contribution is -0.114. The van der Waals surface area contributed by atoms with E-state index in [1.807, 2.05) is 30.3 Å². The molecule has 0 aliphatic carbocycles. The zero-order valence-corrected chi connectivity index (χ0v) is 16.0. The van der Waals surface area contributed by atoms with Crippen LogP contribution in [0.3, 0.4) is 0 Å². The summed E-state index contributed by atoms with van der Waals surface area (Å²) in [5.41, 5.74) is 11.6. The van der Waals surface area contributed by atoms with E-state index < -0.39 is 0 Å². The summed E-state index contributed by atoms with van der Waals surface area (Å²) in [5.74, 6) is 0.0750. The summed E-state index contributed by atoms with van der Waals surface area (Å²) in [4.78, 5) is 15.6. The summed E-state index contributed by atoms with van der Waals surface area (Å²) in [6, 6.07) is 19.6. The van der Waals surface area contributed by atoms with Crippen LogP contribution in [0.2, 0.25) is 0 Å². The topological polar surface area (TPSA) is 91.8 Å². The first-order valence-electron chi connectivity index (χ1n) is 9.19. The number of carbonyl (C=O) groups excluding carboxylic acids is 1. The molecule has 1 aromatic heterocycles. The van der Waals surface area contributed by atoms with Crippen molar-refractivity contribution in [3.8, 4) is 28.5 Å². The Morgan fingerprint density at radius 2 is 1.75 bits per heavy atom. The molecule has 0 atom stereocenters. The maximum atomic E-state index is 11.2. The highest BCUT2D eigenvalue weighted by Crippen LogP contribution is 2.32. The van der Waals surface area contributed by atoms with E-state index >= 15 is 0 Å². The van der Waals surface area contributed by atoms with Crippen molar-refractivity contribution in [2.24, 2.45) is 0 Å². The number of nitrogens with two attached hydrogens (primary N) is 1. The first-order valence-corrected chi connectivity index (χ1v) is 9.19. The Bertz CT molecular complexity index is 1030. The number of amides is 1. The predicted molar refractivity (Wildman–Crippen MR) is 113 cm³/mol. The maximum Gasteiger partial charge on any atom is 0.221 e. The predicted octanol–water partition coefficient (Wildman–Crippen LogP) is 4.78. The fourth-order valence-corrected chi connectivity index (χ4v) is 3.13. The average molecular weight is 370 g/mol. The Hall–Kier alpha value is -3.65. The number of hydrogen-bond donors (Lipinski definition) is 2. The highest BCUT2D eigenvalue weighted by atomic mass is 16.1. The lowest BCUT2D eigenvalue weighted by Crippen LogP contribution is -2.05. The van der Waals surface area contributed by atoms with Crippen LogP contribution in [0.15, 0.2) is 54.6 Å². The Kier molecular flexibility index (Phi) is 5.71. The van der Waals surface area contributed by atoms with Crippen LogP contribution in [-0.2, 0) is 11.2 Å². The number of nitrogens with one attached hydrogen (secondary N) is 1. The van der Waals surface area contributed by atoms with Crippen LogP contribution in [0.5, 0.6) is 0 Å². The summed E-state index contributed by atoms with van der Waals surface area (Å²) < 4.78 is 0. The molecule has 0 saturated carbocycles. The molecule has 3 N–H and O–H groups in total. The van der Waals surface area contributed by atoms with Crippen molar-refractivity contribution in [3.63, 3.8) is 0 Å². The van der Waals surface area contributed by atoms with Gasteiger partial charge in [-0.15, -0.1) is 0 Å². The molecule has 3 rings (SSSR count). The van der Waals surface area contributed by atoms with Crippen LogP contribution in [0.4, 0.5) is 11.5 Å². The molecule has 0 bridgehead atoms. The summed E-state index contributed by atoms with van der Waals surface area (Å²) in [6.45, 7) is 3.61. The zero-order chi connectivity index (χ0) is 20.1. The SMILES string of the molecule is CCCc1ccc(-c2cc(-c3ccc(NC(C)=O)cc3)c(C#N)c(N)n2)cc1. The molecule has 140 valence electrons. The van der Waals surface area contributed by atoms with E-state index in [-0.39, 0.29) is 11.7 Å². The molecule has 5 nitrogen and oxygen atoms in total. The molecular formula is C23H22N4O. The molecule has 2 aromatic carbocycles. The maximum absolute atomic E-state index is 11.2. The Morgan fingerprint density at radius 3 is 2.32 bits per heavy atom. The molecule has 1 amide bonds. The van der Waals surface area contributed by atoms with Gasteiger partial charge in [-0.1, -0.05) is 49.7 Å². The molecule has 0 spiro atoms. The monoisotopic (exact) mass is 370 g/mol. The Labute approximate surface area is 164 Å². The minimum Gasteiger partial charge on any atom is -0.383 e. The third-order valence-electron chi connectivity index (χ3n) is 4.46. The van der Waals surface area contributed by atoms with Gasteiger partial charge in [-0.25, -0.2) is 4.98 Å². The second kappa shape index (κ2) is 8.36. The largest absolute Gasteiger partial charge is 0.383 e. The quantitative estimate of drug-likeness (QED) is 0.676. The van der Waals surface area contributed by atoms with E-state index in [1.165, 1.54) is 12.5 Å². The van der Waals surface area contributed by atoms with Gasteiger partial charge in [0.25, 0.3) is 0 Å². The van der Waals surface area contributed by atoms with Gasteiger partial charge in [-0.2, -0.15) is 5.26 Å². The summed E-state index contributed by atoms with van der Waals surface area (Å²) in [7, 11) is 0. The summed E-state index contributed by atoms with van der Waals surface area (Å²) >= 11 is 0. The molecule has 1 heterocycles. The third-order valence-corrected chi connectivity index (χ3v) is 4.46. The number of anilines is 2. The number of aromatic nitrogens is 1. The molecule has 0 saturated heterocycles. The van der Waals surface area contributed by atoms with Gasteiger partial charge in [0.2, 0.25) is 5.91 Å². The van der Waals surface area contributed by atoms with Gasteiger partial charge in [0.05, 0.1) is 5.69 Å². The van der Waals surface area contributed by atoms with Gasteiger partial charge in [0.1, 0.15) is 17.5 Å². The Balaban J connectivity index is 2.03. The van der Waals surface area contributed by atoms with Crippen LogP contribution in [0.25, 0.3) is 22.4 Å². The van der Waals surface area contributed by atoms with Crippen LogP contribution < -0.4 is 11.1 Å². The molecular weight excluding hydrogens is 348 g/mol. The third kappa shape index (κ3) is 4.18. The van der Waals surface area contributed by atoms with E-state index in [0.717, 1.165) is 35.2 Å². The average Bonchev–Trinajstić information content (AvgIpc) is 2.68. The van der Waals surface area contributed by atoms with Crippen LogP contribution in [-0.4, -0.2) is 10.9 Å². The van der Waals surface area contributed by atoms with E-state index in [0.29, 0.717) is 11.3 Å². The van der Waals surface area contributed by atoms with E-state index in [2.05, 4.69) is 35.4 Å². The standard InChI is InChI=1S/C23H22N4O/c1-3-4-16-5-7-18(8-6-16)22-13-20(21(14-24)23(25)27-22)17-9-11-19(12-10-17)26-15(2)28/h5-13H,3-4H2,1-2H3,(H2,25,27)(H,26,28). The second-order valence-electron chi connectivity index (χ2n) is 6.63. The number of carbonyl (C=O) groups is 1. The molecule has 28 heavy (non-hydrogen) atoms. The van der Waals surface area contributed by atoms with Crippen molar-refractivity contribution >= 4 is 17.4 Å². The van der Waals surface area contributed by atoms with Crippen molar-refractivity contribution < 1.29 is 4.79 Å². The van der Waals surface area contributed by atoms with Gasteiger partial charge in [-0.3, -0.25) is 4.79 Å². The number of nitrogen functional groups attached to an aromatic ring is 1. The minimum absolute atomic E-state index is 0.132. The number of aryl methyl sites for hydroxylation is 1. The molecule has 0 fully saturated rings. The fourth-order valence-electron chi connectivity index (χ4n) is 3.13. The van der Waals surface area contributed by atoms with Crippen molar-refractivity contribution in [1.82, 2.24) is 4.98 Å². The normalized spacial score (nSPS) is 10.3. The highest BCUT2D eigenvalue weighted by Gasteiger charge is 2.13. The number of rotatable bonds is 5. The van der Waals surface area contributed by atoms with Gasteiger partial charge in [-0.05, 0) is 35.7 Å². The second-order valence-corrected chi connectivity index (χ2v) is 6.63. The van der Waals surface area contributed by atoms with E-state index in [4.69, 9.17) is 5.73 Å². The molecule has 0 radical (unpaired) electrons. The van der Waals surface area contributed by atoms with Crippen molar-refractivity contribution in [2.75, 3.05) is 11.1 Å². The summed E-state index contributed by atoms with van der Waals surface area (Å²) in [6.07, 6.45) is 2.13. The lowest BCUT2D eigenvalue weighted by Gasteiger charge is -2.11. The molecule has 5 heteroatoms. The zero-order valence-electron chi connectivity index (χ0n) is 16.0. The number of pyridine rings is 1. The molecule has 0 aliphatic rings. The van der Waals surface area contributed by atoms with E-state index in [9.17, 15) is 10.1 Å². The number of nitriles is 1. The summed E-state index contributed by atoms with van der Waals surface area (Å²) in [5, 5.41) is 12.3. The fraction of sp³-hybridized carbons (Fsp3) is 0.174. The number of hydrogen-bond acceptors (Lipinski definition) is 4. The molecule has 3 aromatic rings. The first kappa shape index (κ1) is 19.1. The van der Waals surface area contributed by atoms with E-state index in [1.54, 1.807) is 12.1 Å². The minimum atomic E-state index is -0.132. The van der Waals surface area contributed by atoms with Crippen LogP contribution >= 0.6 is 0 Å². The molecule has 0 unspecified atom stereocenters. The van der Waals surface area contributed by atoms with Crippen LogP contribution in [0, 0.1) is 11.3 Å². The van der Waals surface area contributed by atoms with Crippen molar-refractivity contribution in [2.45, 2.75) is 26.7 Å². The smallest absolute Gasteiger partial charge is 0.221 e. The first-order chi connectivity index (χ1) is 13.5. The van der Waals surface area contributed by atoms with Gasteiger partial charge in [0.15, 0.2) is 0 Å². The lowest BCUT2D eigenvalue weighted by atomic mass is 9.97. The van der Waals surface area contributed by atoms with Crippen molar-refractivity contribution in [3.05, 3.63) is 65.7 Å². The number of benzene rings is 2. The Morgan fingerprint density at radius 1 is 1.11 bits per heavy atom. The van der Waals surface area contributed by atoms with Crippen molar-refractivity contribution in [1.29, 1.82) is 5.26 Å². The molecule has 0 aliphatic heterocycles. The van der Waals surface area contributed by atoms with Gasteiger partial charge in [0, 0.05) is 23.7 Å². The highest BCUT2D eigenvalue weighted by molar-refractivity contribution is 5.89.